The fourth-order valence-electron chi connectivity index (χ4n) is 1.71. The Labute approximate surface area is 105 Å². The molecular formula is C14H23O2P. The Hall–Kier alpha value is -0.590. The molecule has 1 aromatic rings. The minimum atomic E-state index is -2.63. The van der Waals surface area contributed by atoms with Gasteiger partial charge in [-0.3, -0.25) is 4.57 Å². The smallest absolute Gasteiger partial charge is 0.232 e. The standard InChI is InChI=1S/C14H23O2P/c1-4-6-11-17(15,16-10-5-2)14-9-7-8-13(3)12-14/h7-9,12H,4-6,10-11H2,1-3H3. The molecule has 1 atom stereocenters. The third-order valence-electron chi connectivity index (χ3n) is 2.71. The summed E-state index contributed by atoms with van der Waals surface area (Å²) in [6.07, 6.45) is 3.56. The third-order valence-corrected chi connectivity index (χ3v) is 5.27. The van der Waals surface area contributed by atoms with E-state index in [4.69, 9.17) is 4.52 Å². The molecule has 0 saturated carbocycles. The molecule has 0 aliphatic carbocycles. The van der Waals surface area contributed by atoms with Crippen molar-refractivity contribution in [1.29, 1.82) is 0 Å². The fraction of sp³-hybridized carbons (Fsp3) is 0.571. The van der Waals surface area contributed by atoms with Crippen molar-refractivity contribution >= 4 is 12.7 Å². The van der Waals surface area contributed by atoms with Crippen molar-refractivity contribution in [2.45, 2.75) is 40.0 Å². The molecule has 0 fully saturated rings. The van der Waals surface area contributed by atoms with E-state index in [1.165, 1.54) is 0 Å². The zero-order chi connectivity index (χ0) is 12.7. The summed E-state index contributed by atoms with van der Waals surface area (Å²) in [7, 11) is -2.63. The number of unbranched alkanes of at least 4 members (excludes halogenated alkanes) is 1. The highest BCUT2D eigenvalue weighted by atomic mass is 31.2. The first-order valence-corrected chi connectivity index (χ1v) is 8.24. The number of aryl methyl sites for hydroxylation is 1. The molecule has 0 amide bonds. The second-order valence-corrected chi connectivity index (χ2v) is 6.99. The van der Waals surface area contributed by atoms with E-state index in [-0.39, 0.29) is 0 Å². The SMILES string of the molecule is CCCCP(=O)(OCCC)c1cccc(C)c1. The average molecular weight is 254 g/mol. The molecule has 1 unspecified atom stereocenters. The Morgan fingerprint density at radius 1 is 1.24 bits per heavy atom. The molecule has 0 radical (unpaired) electrons. The first-order valence-electron chi connectivity index (χ1n) is 6.43. The Morgan fingerprint density at radius 2 is 2.00 bits per heavy atom. The van der Waals surface area contributed by atoms with Crippen LogP contribution in [0.5, 0.6) is 0 Å². The molecule has 17 heavy (non-hydrogen) atoms. The first kappa shape index (κ1) is 14.5. The van der Waals surface area contributed by atoms with Crippen LogP contribution in [0.2, 0.25) is 0 Å². The number of hydrogen-bond acceptors (Lipinski definition) is 2. The van der Waals surface area contributed by atoms with Gasteiger partial charge >= 0.3 is 0 Å². The van der Waals surface area contributed by atoms with Crippen LogP contribution in [0.4, 0.5) is 0 Å². The Morgan fingerprint density at radius 3 is 2.59 bits per heavy atom. The summed E-state index contributed by atoms with van der Waals surface area (Å²) in [4.78, 5) is 0. The van der Waals surface area contributed by atoms with E-state index in [9.17, 15) is 4.57 Å². The zero-order valence-corrected chi connectivity index (χ0v) is 12.0. The maximum Gasteiger partial charge on any atom is 0.232 e. The molecule has 96 valence electrons. The van der Waals surface area contributed by atoms with Crippen LogP contribution in [-0.4, -0.2) is 12.8 Å². The molecule has 0 heterocycles. The van der Waals surface area contributed by atoms with Crippen molar-refractivity contribution in [1.82, 2.24) is 0 Å². The van der Waals surface area contributed by atoms with Crippen LogP contribution in [0.1, 0.15) is 38.7 Å². The van der Waals surface area contributed by atoms with Gasteiger partial charge in [-0.05, 0) is 31.9 Å². The van der Waals surface area contributed by atoms with Crippen molar-refractivity contribution in [2.75, 3.05) is 12.8 Å². The Kier molecular flexibility index (Phi) is 5.94. The quantitative estimate of drug-likeness (QED) is 0.684. The monoisotopic (exact) mass is 254 g/mol. The molecule has 0 bridgehead atoms. The molecule has 0 aliphatic rings. The van der Waals surface area contributed by atoms with Gasteiger partial charge in [0.05, 0.1) is 6.61 Å². The van der Waals surface area contributed by atoms with Crippen molar-refractivity contribution in [3.8, 4) is 0 Å². The first-order chi connectivity index (χ1) is 8.12. The van der Waals surface area contributed by atoms with Crippen LogP contribution >= 0.6 is 7.37 Å². The molecule has 0 N–H and O–H groups in total. The van der Waals surface area contributed by atoms with Crippen LogP contribution in [0.15, 0.2) is 24.3 Å². The maximum atomic E-state index is 12.9. The predicted octanol–water partition coefficient (Wildman–Crippen LogP) is 4.13. The summed E-state index contributed by atoms with van der Waals surface area (Å²) < 4.78 is 18.5. The van der Waals surface area contributed by atoms with Crippen molar-refractivity contribution in [2.24, 2.45) is 0 Å². The van der Waals surface area contributed by atoms with Gasteiger partial charge in [0.25, 0.3) is 0 Å². The molecule has 0 aromatic heterocycles. The largest absolute Gasteiger partial charge is 0.325 e. The van der Waals surface area contributed by atoms with Gasteiger partial charge in [0.1, 0.15) is 0 Å². The molecule has 1 aromatic carbocycles. The van der Waals surface area contributed by atoms with Crippen LogP contribution in [-0.2, 0) is 9.09 Å². The average Bonchev–Trinajstić information content (AvgIpc) is 2.34. The second kappa shape index (κ2) is 6.98. The lowest BCUT2D eigenvalue weighted by Gasteiger charge is -2.19. The molecule has 3 heteroatoms. The van der Waals surface area contributed by atoms with Crippen molar-refractivity contribution in [3.05, 3.63) is 29.8 Å². The molecule has 2 nitrogen and oxygen atoms in total. The molecule has 0 saturated heterocycles. The fourth-order valence-corrected chi connectivity index (χ4v) is 4.17. The Bertz CT molecular complexity index is 376. The van der Waals surface area contributed by atoms with Gasteiger partial charge in [-0.15, -0.1) is 0 Å². The molecule has 1 rings (SSSR count). The lowest BCUT2D eigenvalue weighted by Crippen LogP contribution is -2.11. The van der Waals surface area contributed by atoms with Crippen LogP contribution in [0.3, 0.4) is 0 Å². The van der Waals surface area contributed by atoms with Gasteiger partial charge in [0, 0.05) is 11.5 Å². The summed E-state index contributed by atoms with van der Waals surface area (Å²) in [5, 5.41) is 0.874. The Balaban J connectivity index is 2.92. The van der Waals surface area contributed by atoms with Crippen LogP contribution in [0, 0.1) is 6.92 Å². The summed E-state index contributed by atoms with van der Waals surface area (Å²) in [5.74, 6) is 0. The summed E-state index contributed by atoms with van der Waals surface area (Å²) in [6.45, 7) is 6.75. The van der Waals surface area contributed by atoms with Gasteiger partial charge in [-0.25, -0.2) is 0 Å². The van der Waals surface area contributed by atoms with Gasteiger partial charge in [0.2, 0.25) is 7.37 Å². The summed E-state index contributed by atoms with van der Waals surface area (Å²) >= 11 is 0. The van der Waals surface area contributed by atoms with E-state index in [0.29, 0.717) is 12.8 Å². The summed E-state index contributed by atoms with van der Waals surface area (Å²) in [5.41, 5.74) is 1.14. The van der Waals surface area contributed by atoms with Gasteiger partial charge in [-0.1, -0.05) is 38.0 Å². The number of benzene rings is 1. The normalized spacial score (nSPS) is 14.5. The predicted molar refractivity (Wildman–Crippen MR) is 74.4 cm³/mol. The summed E-state index contributed by atoms with van der Waals surface area (Å²) in [6, 6.07) is 7.90. The van der Waals surface area contributed by atoms with E-state index in [1.54, 1.807) is 0 Å². The van der Waals surface area contributed by atoms with Crippen molar-refractivity contribution < 1.29 is 9.09 Å². The van der Waals surface area contributed by atoms with Gasteiger partial charge in [0.15, 0.2) is 0 Å². The number of rotatable bonds is 7. The molecule has 0 spiro atoms. The minimum Gasteiger partial charge on any atom is -0.325 e. The highest BCUT2D eigenvalue weighted by molar-refractivity contribution is 7.67. The van der Waals surface area contributed by atoms with Gasteiger partial charge < -0.3 is 4.52 Å². The van der Waals surface area contributed by atoms with E-state index < -0.39 is 7.37 Å². The van der Waals surface area contributed by atoms with Crippen LogP contribution in [0.25, 0.3) is 0 Å². The van der Waals surface area contributed by atoms with Crippen molar-refractivity contribution in [3.63, 3.8) is 0 Å². The lowest BCUT2D eigenvalue weighted by atomic mass is 10.2. The molecule has 0 aliphatic heterocycles. The zero-order valence-electron chi connectivity index (χ0n) is 11.1. The highest BCUT2D eigenvalue weighted by Crippen LogP contribution is 2.46. The van der Waals surface area contributed by atoms with E-state index >= 15 is 0 Å². The highest BCUT2D eigenvalue weighted by Gasteiger charge is 2.24. The lowest BCUT2D eigenvalue weighted by molar-refractivity contribution is 0.319. The minimum absolute atomic E-state index is 0.578. The van der Waals surface area contributed by atoms with Gasteiger partial charge in [-0.2, -0.15) is 0 Å². The van der Waals surface area contributed by atoms with E-state index in [2.05, 4.69) is 6.92 Å². The second-order valence-electron chi connectivity index (χ2n) is 4.42. The van der Waals surface area contributed by atoms with E-state index in [0.717, 1.165) is 30.1 Å². The number of hydrogen-bond donors (Lipinski definition) is 0. The maximum absolute atomic E-state index is 12.9. The topological polar surface area (TPSA) is 26.3 Å². The molecular weight excluding hydrogens is 231 g/mol. The van der Waals surface area contributed by atoms with Crippen LogP contribution < -0.4 is 5.30 Å². The third kappa shape index (κ3) is 4.29. The van der Waals surface area contributed by atoms with E-state index in [1.807, 2.05) is 38.1 Å².